The highest BCUT2D eigenvalue weighted by molar-refractivity contribution is 5.71. The number of cyclic esters (lactones) is 1. The molecule has 3 rings (SSSR count). The molecular formula is C14H17NO3. The van der Waals surface area contributed by atoms with Crippen molar-refractivity contribution in [2.75, 3.05) is 13.7 Å². The number of fused-ring (bicyclic) bond motifs is 1. The highest BCUT2D eigenvalue weighted by Crippen LogP contribution is 2.31. The second kappa shape index (κ2) is 4.52. The number of hydrogen-bond donors (Lipinski definition) is 0. The smallest absolute Gasteiger partial charge is 0.410 e. The first kappa shape index (κ1) is 11.4. The van der Waals surface area contributed by atoms with Crippen LogP contribution in [0.25, 0.3) is 0 Å². The fraction of sp³-hybridized carbons (Fsp3) is 0.500. The highest BCUT2D eigenvalue weighted by Gasteiger charge is 2.42. The maximum atomic E-state index is 11.6. The summed E-state index contributed by atoms with van der Waals surface area (Å²) in [5, 5.41) is 0. The number of rotatable bonds is 3. The average Bonchev–Trinajstić information content (AvgIpc) is 2.95. The van der Waals surface area contributed by atoms with Crippen LogP contribution in [0.5, 0.6) is 5.75 Å². The molecule has 2 fully saturated rings. The van der Waals surface area contributed by atoms with Crippen molar-refractivity contribution in [3.05, 3.63) is 29.8 Å². The molecule has 0 saturated carbocycles. The molecule has 1 aromatic rings. The molecule has 2 aliphatic rings. The molecule has 2 saturated heterocycles. The Morgan fingerprint density at radius 1 is 1.33 bits per heavy atom. The van der Waals surface area contributed by atoms with Gasteiger partial charge in [-0.3, -0.25) is 4.90 Å². The number of hydrogen-bond acceptors (Lipinski definition) is 3. The minimum atomic E-state index is -0.143. The molecule has 4 nitrogen and oxygen atoms in total. The maximum Gasteiger partial charge on any atom is 0.410 e. The molecule has 18 heavy (non-hydrogen) atoms. The minimum absolute atomic E-state index is 0.143. The maximum absolute atomic E-state index is 11.6. The molecule has 96 valence electrons. The van der Waals surface area contributed by atoms with Gasteiger partial charge in [0.2, 0.25) is 0 Å². The molecule has 0 aliphatic carbocycles. The van der Waals surface area contributed by atoms with Crippen molar-refractivity contribution in [3.63, 3.8) is 0 Å². The van der Waals surface area contributed by atoms with Gasteiger partial charge in [-0.2, -0.15) is 0 Å². The van der Waals surface area contributed by atoms with Crippen molar-refractivity contribution >= 4 is 6.09 Å². The van der Waals surface area contributed by atoms with E-state index >= 15 is 0 Å². The monoisotopic (exact) mass is 247 g/mol. The van der Waals surface area contributed by atoms with E-state index in [1.807, 2.05) is 17.0 Å². The number of nitrogens with zero attached hydrogens (tertiary/aromatic N) is 1. The van der Waals surface area contributed by atoms with Crippen LogP contribution in [0, 0.1) is 0 Å². The Balaban J connectivity index is 1.70. The quantitative estimate of drug-likeness (QED) is 0.822. The molecule has 0 unspecified atom stereocenters. The standard InChI is InChI=1S/C14H17NO3/c1-17-13-6-2-10(3-7-13)8-11-4-5-12-9-18-14(16)15(11)12/h2-3,6-7,11-12H,4-5,8-9H2,1H3/t11-,12-/m0/s1. The van der Waals surface area contributed by atoms with Crippen LogP contribution in [-0.2, 0) is 11.2 Å². The van der Waals surface area contributed by atoms with E-state index in [1.165, 1.54) is 5.56 Å². The zero-order valence-corrected chi connectivity index (χ0v) is 10.5. The summed E-state index contributed by atoms with van der Waals surface area (Å²) >= 11 is 0. The predicted octanol–water partition coefficient (Wildman–Crippen LogP) is 2.22. The van der Waals surface area contributed by atoms with Crippen LogP contribution in [0.15, 0.2) is 24.3 Å². The van der Waals surface area contributed by atoms with Gasteiger partial charge < -0.3 is 9.47 Å². The average molecular weight is 247 g/mol. The lowest BCUT2D eigenvalue weighted by Crippen LogP contribution is -2.36. The molecule has 1 amide bonds. The van der Waals surface area contributed by atoms with Crippen molar-refractivity contribution in [1.82, 2.24) is 4.90 Å². The van der Waals surface area contributed by atoms with Gasteiger partial charge in [-0.15, -0.1) is 0 Å². The van der Waals surface area contributed by atoms with E-state index in [9.17, 15) is 4.79 Å². The molecule has 2 heterocycles. The Labute approximate surface area is 106 Å². The molecule has 0 spiro atoms. The van der Waals surface area contributed by atoms with Crippen molar-refractivity contribution in [1.29, 1.82) is 0 Å². The summed E-state index contributed by atoms with van der Waals surface area (Å²) in [4.78, 5) is 13.6. The van der Waals surface area contributed by atoms with Gasteiger partial charge in [-0.05, 0) is 37.0 Å². The first-order valence-corrected chi connectivity index (χ1v) is 6.36. The topological polar surface area (TPSA) is 38.8 Å². The van der Waals surface area contributed by atoms with E-state index in [-0.39, 0.29) is 6.09 Å². The van der Waals surface area contributed by atoms with Gasteiger partial charge in [-0.1, -0.05) is 12.1 Å². The van der Waals surface area contributed by atoms with E-state index in [4.69, 9.17) is 9.47 Å². The summed E-state index contributed by atoms with van der Waals surface area (Å²) in [6.45, 7) is 0.567. The Bertz CT molecular complexity index is 443. The molecule has 1 aromatic carbocycles. The van der Waals surface area contributed by atoms with E-state index in [0.29, 0.717) is 18.7 Å². The molecule has 4 heteroatoms. The van der Waals surface area contributed by atoms with Gasteiger partial charge in [0.1, 0.15) is 12.4 Å². The van der Waals surface area contributed by atoms with Gasteiger partial charge in [0, 0.05) is 6.04 Å². The second-order valence-corrected chi connectivity index (χ2v) is 4.92. The van der Waals surface area contributed by atoms with Gasteiger partial charge >= 0.3 is 6.09 Å². The number of ether oxygens (including phenoxy) is 2. The highest BCUT2D eigenvalue weighted by atomic mass is 16.6. The molecule has 0 aromatic heterocycles. The molecule has 0 N–H and O–H groups in total. The Morgan fingerprint density at radius 3 is 2.83 bits per heavy atom. The van der Waals surface area contributed by atoms with E-state index in [2.05, 4.69) is 12.1 Å². The lowest BCUT2D eigenvalue weighted by atomic mass is 10.0. The number of benzene rings is 1. The summed E-state index contributed by atoms with van der Waals surface area (Å²) in [5.74, 6) is 0.864. The van der Waals surface area contributed by atoms with Crippen LogP contribution in [0.4, 0.5) is 4.79 Å². The Hall–Kier alpha value is -1.71. The zero-order chi connectivity index (χ0) is 12.5. The molecule has 2 aliphatic heterocycles. The zero-order valence-electron chi connectivity index (χ0n) is 10.5. The molecule has 0 radical (unpaired) electrons. The van der Waals surface area contributed by atoms with Crippen molar-refractivity contribution in [2.24, 2.45) is 0 Å². The van der Waals surface area contributed by atoms with Crippen LogP contribution in [0.1, 0.15) is 18.4 Å². The predicted molar refractivity (Wildman–Crippen MR) is 66.7 cm³/mol. The van der Waals surface area contributed by atoms with Gasteiger partial charge in [0.05, 0.1) is 13.2 Å². The third kappa shape index (κ3) is 1.92. The summed E-state index contributed by atoms with van der Waals surface area (Å²) < 4.78 is 10.2. The van der Waals surface area contributed by atoms with Crippen LogP contribution in [0.2, 0.25) is 0 Å². The number of carbonyl (C=O) groups excluding carboxylic acids is 1. The lowest BCUT2D eigenvalue weighted by molar-refractivity contribution is 0.149. The van der Waals surface area contributed by atoms with Crippen molar-refractivity contribution < 1.29 is 14.3 Å². The van der Waals surface area contributed by atoms with Crippen LogP contribution in [-0.4, -0.2) is 36.8 Å². The summed E-state index contributed by atoms with van der Waals surface area (Å²) in [7, 11) is 1.66. The first-order valence-electron chi connectivity index (χ1n) is 6.36. The molecular weight excluding hydrogens is 230 g/mol. The second-order valence-electron chi connectivity index (χ2n) is 4.92. The van der Waals surface area contributed by atoms with E-state index < -0.39 is 0 Å². The first-order chi connectivity index (χ1) is 8.78. The summed E-state index contributed by atoms with van der Waals surface area (Å²) in [6.07, 6.45) is 2.89. The fourth-order valence-electron chi connectivity index (χ4n) is 2.90. The number of methoxy groups -OCH3 is 1. The third-order valence-corrected chi connectivity index (χ3v) is 3.86. The number of amides is 1. The Kier molecular flexibility index (Phi) is 2.86. The summed E-state index contributed by atoms with van der Waals surface area (Å²) in [5.41, 5.74) is 1.24. The molecule has 0 bridgehead atoms. The third-order valence-electron chi connectivity index (χ3n) is 3.86. The summed E-state index contributed by atoms with van der Waals surface area (Å²) in [6, 6.07) is 8.65. The van der Waals surface area contributed by atoms with Crippen molar-refractivity contribution in [2.45, 2.75) is 31.3 Å². The van der Waals surface area contributed by atoms with E-state index in [0.717, 1.165) is 25.0 Å². The van der Waals surface area contributed by atoms with Crippen LogP contribution >= 0.6 is 0 Å². The SMILES string of the molecule is COc1ccc(C[C@@H]2CC[C@H]3COC(=O)N32)cc1. The van der Waals surface area contributed by atoms with Crippen LogP contribution in [0.3, 0.4) is 0 Å². The van der Waals surface area contributed by atoms with E-state index in [1.54, 1.807) is 7.11 Å². The molecule has 2 atom stereocenters. The lowest BCUT2D eigenvalue weighted by Gasteiger charge is -2.21. The normalized spacial score (nSPS) is 26.1. The van der Waals surface area contributed by atoms with Crippen LogP contribution < -0.4 is 4.74 Å². The largest absolute Gasteiger partial charge is 0.497 e. The minimum Gasteiger partial charge on any atom is -0.497 e. The Morgan fingerprint density at radius 2 is 2.11 bits per heavy atom. The van der Waals surface area contributed by atoms with Gasteiger partial charge in [-0.25, -0.2) is 4.79 Å². The van der Waals surface area contributed by atoms with Gasteiger partial charge in [0.25, 0.3) is 0 Å². The fourth-order valence-corrected chi connectivity index (χ4v) is 2.90. The van der Waals surface area contributed by atoms with Gasteiger partial charge in [0.15, 0.2) is 0 Å². The number of carbonyl (C=O) groups is 1. The van der Waals surface area contributed by atoms with Crippen molar-refractivity contribution in [3.8, 4) is 5.75 Å².